The largest absolute Gasteiger partial charge is 0.356 e. The third-order valence-corrected chi connectivity index (χ3v) is 18.8. The number of carbonyl (C=O) groups excluding carboxylic acids is 4. The van der Waals surface area contributed by atoms with Gasteiger partial charge in [-0.05, 0) is 25.7 Å². The molecule has 0 aliphatic heterocycles. The van der Waals surface area contributed by atoms with Crippen molar-refractivity contribution < 1.29 is 19.2 Å². The summed E-state index contributed by atoms with van der Waals surface area (Å²) in [5, 5.41) is 12.8. The fourth-order valence-electron chi connectivity index (χ4n) is 12.5. The molecule has 0 aliphatic carbocycles. The van der Waals surface area contributed by atoms with Gasteiger partial charge >= 0.3 is 0 Å². The first-order chi connectivity index (χ1) is 43.4. The maximum atomic E-state index is 13.3. The van der Waals surface area contributed by atoms with E-state index in [0.717, 1.165) is 77.5 Å². The van der Waals surface area contributed by atoms with Crippen LogP contribution >= 0.6 is 0 Å². The topological polar surface area (TPSA) is 123 Å². The molecule has 0 spiro atoms. The Morgan fingerprint density at radius 1 is 0.182 bits per heavy atom. The first-order valence-corrected chi connectivity index (χ1v) is 39.9. The van der Waals surface area contributed by atoms with E-state index >= 15 is 0 Å². The molecule has 10 nitrogen and oxygen atoms in total. The van der Waals surface area contributed by atoms with Crippen LogP contribution in [-0.2, 0) is 19.2 Å². The van der Waals surface area contributed by atoms with Crippen molar-refractivity contribution in [3.63, 3.8) is 0 Å². The molecule has 10 heteroatoms. The van der Waals surface area contributed by atoms with Crippen LogP contribution in [0.3, 0.4) is 0 Å². The Morgan fingerprint density at radius 3 is 0.443 bits per heavy atom. The fraction of sp³-hybridized carbons (Fsp3) is 0.949. The summed E-state index contributed by atoms with van der Waals surface area (Å²) in [5.41, 5.74) is 0. The molecule has 0 fully saturated rings. The first-order valence-electron chi connectivity index (χ1n) is 39.9. The number of unbranched alkanes of at least 4 members (excludes halogenated alkanes) is 52. The summed E-state index contributed by atoms with van der Waals surface area (Å²) in [7, 11) is 0. The minimum Gasteiger partial charge on any atom is -0.356 e. The van der Waals surface area contributed by atoms with E-state index < -0.39 is 0 Å². The fourth-order valence-corrected chi connectivity index (χ4v) is 12.5. The minimum absolute atomic E-state index is 0.0738. The highest BCUT2D eigenvalue weighted by Gasteiger charge is 2.16. The van der Waals surface area contributed by atoms with E-state index in [0.29, 0.717) is 65.0 Å². The number of nitrogens with one attached hydrogen (secondary N) is 4. The zero-order valence-corrected chi connectivity index (χ0v) is 60.0. The van der Waals surface area contributed by atoms with E-state index in [9.17, 15) is 19.2 Å². The molecule has 0 aromatic carbocycles. The molecule has 4 N–H and O–H groups in total. The van der Waals surface area contributed by atoms with Crippen molar-refractivity contribution in [2.75, 3.05) is 65.4 Å². The zero-order valence-electron chi connectivity index (χ0n) is 60.0. The summed E-state index contributed by atoms with van der Waals surface area (Å²) in [5.74, 6) is 0.295. The molecule has 0 saturated carbocycles. The van der Waals surface area contributed by atoms with Crippen LogP contribution in [0.25, 0.3) is 0 Å². The summed E-state index contributed by atoms with van der Waals surface area (Å²) in [6.07, 6.45) is 75.4. The monoisotopic (exact) mass is 1240 g/mol. The SMILES string of the molecule is CCCCCCCCCCCCCCCCNC(=O)CCN(CCC(=O)NCCCCCCCCCCCCCCCC)CCN(CCC(=O)NCCCCCCCCCCCCCCCC)CCC(=O)NCCCCCCCCCCCCCCCC. The van der Waals surface area contributed by atoms with E-state index in [1.54, 1.807) is 0 Å². The normalized spacial score (nSPS) is 11.6. The van der Waals surface area contributed by atoms with Gasteiger partial charge in [0, 0.05) is 91.1 Å². The lowest BCUT2D eigenvalue weighted by Crippen LogP contribution is -2.41. The molecule has 0 heterocycles. The highest BCUT2D eigenvalue weighted by molar-refractivity contribution is 5.77. The van der Waals surface area contributed by atoms with Crippen LogP contribution in [0.5, 0.6) is 0 Å². The molecule has 0 radical (unpaired) electrons. The van der Waals surface area contributed by atoms with Crippen molar-refractivity contribution in [3.05, 3.63) is 0 Å². The number of carbonyl (C=O) groups is 4. The molecule has 4 amide bonds. The van der Waals surface area contributed by atoms with Crippen molar-refractivity contribution >= 4 is 23.6 Å². The summed E-state index contributed by atoms with van der Waals surface area (Å²) in [4.78, 5) is 57.6. The summed E-state index contributed by atoms with van der Waals surface area (Å²) < 4.78 is 0. The Labute approximate surface area is 549 Å². The maximum absolute atomic E-state index is 13.3. The molecule has 0 aliphatic rings. The second kappa shape index (κ2) is 73.8. The van der Waals surface area contributed by atoms with Gasteiger partial charge in [0.25, 0.3) is 0 Å². The zero-order chi connectivity index (χ0) is 63.8. The van der Waals surface area contributed by atoms with Gasteiger partial charge < -0.3 is 31.1 Å². The molecule has 0 aromatic rings. The summed E-state index contributed by atoms with van der Waals surface area (Å²) >= 11 is 0. The van der Waals surface area contributed by atoms with E-state index in [1.165, 1.54) is 308 Å². The highest BCUT2D eigenvalue weighted by Crippen LogP contribution is 2.17. The molecule has 0 unspecified atom stereocenters. The standard InChI is InChI=1S/C78H156N6O4/c1-5-9-13-17-21-25-29-33-37-41-45-49-53-57-65-79-75(85)61-69-83(70-62-76(86)80-66-58-54-50-46-42-38-34-30-26-22-18-14-10-6-2)73-74-84(71-63-77(87)81-67-59-55-51-47-43-39-35-31-27-23-19-15-11-7-3)72-64-78(88)82-68-60-56-52-48-44-40-36-32-28-24-20-16-12-8-4/h5-74H2,1-4H3,(H,79,85)(H,80,86)(H,81,87)(H,82,88). The lowest BCUT2D eigenvalue weighted by molar-refractivity contribution is -0.123. The van der Waals surface area contributed by atoms with Crippen molar-refractivity contribution in [2.45, 2.75) is 413 Å². The first kappa shape index (κ1) is 85.8. The van der Waals surface area contributed by atoms with E-state index in [4.69, 9.17) is 0 Å². The molecule has 0 aromatic heterocycles. The molecule has 0 rings (SSSR count). The molecule has 88 heavy (non-hydrogen) atoms. The van der Waals surface area contributed by atoms with Gasteiger partial charge in [-0.25, -0.2) is 0 Å². The second-order valence-corrected chi connectivity index (χ2v) is 27.5. The smallest absolute Gasteiger partial charge is 0.221 e. The molecular formula is C78H156N6O4. The van der Waals surface area contributed by atoms with E-state index in [2.05, 4.69) is 58.8 Å². The van der Waals surface area contributed by atoms with Crippen molar-refractivity contribution in [1.82, 2.24) is 31.1 Å². The Morgan fingerprint density at radius 2 is 0.307 bits per heavy atom. The van der Waals surface area contributed by atoms with Gasteiger partial charge in [-0.2, -0.15) is 0 Å². The van der Waals surface area contributed by atoms with Crippen LogP contribution in [-0.4, -0.2) is 98.9 Å². The minimum atomic E-state index is 0.0738. The van der Waals surface area contributed by atoms with E-state index in [1.807, 2.05) is 0 Å². The Balaban J connectivity index is 5.24. The van der Waals surface area contributed by atoms with Gasteiger partial charge in [0.15, 0.2) is 0 Å². The summed E-state index contributed by atoms with van der Waals surface area (Å²) in [6, 6.07) is 0. The number of rotatable bonds is 75. The van der Waals surface area contributed by atoms with Crippen molar-refractivity contribution in [1.29, 1.82) is 0 Å². The van der Waals surface area contributed by atoms with Crippen molar-refractivity contribution in [3.8, 4) is 0 Å². The van der Waals surface area contributed by atoms with Crippen LogP contribution in [0.15, 0.2) is 0 Å². The number of nitrogens with zero attached hydrogens (tertiary/aromatic N) is 2. The molecule has 0 saturated heterocycles. The van der Waals surface area contributed by atoms with Crippen LogP contribution in [0.4, 0.5) is 0 Å². The average molecular weight is 1240 g/mol. The quantitative estimate of drug-likeness (QED) is 0.0450. The molecule has 522 valence electrons. The van der Waals surface area contributed by atoms with Crippen LogP contribution < -0.4 is 21.3 Å². The third-order valence-electron chi connectivity index (χ3n) is 18.8. The van der Waals surface area contributed by atoms with Crippen LogP contribution in [0.1, 0.15) is 413 Å². The van der Waals surface area contributed by atoms with E-state index in [-0.39, 0.29) is 23.6 Å². The highest BCUT2D eigenvalue weighted by atomic mass is 16.2. The van der Waals surface area contributed by atoms with Crippen LogP contribution in [0.2, 0.25) is 0 Å². The van der Waals surface area contributed by atoms with Gasteiger partial charge in [-0.3, -0.25) is 19.2 Å². The number of amides is 4. The van der Waals surface area contributed by atoms with Gasteiger partial charge in [0.05, 0.1) is 0 Å². The molecule has 0 atom stereocenters. The second-order valence-electron chi connectivity index (χ2n) is 27.5. The third kappa shape index (κ3) is 69.7. The Bertz CT molecular complexity index is 1230. The van der Waals surface area contributed by atoms with Crippen LogP contribution in [0, 0.1) is 0 Å². The Hall–Kier alpha value is -2.20. The maximum Gasteiger partial charge on any atom is 0.221 e. The lowest BCUT2D eigenvalue weighted by Gasteiger charge is -2.27. The predicted molar refractivity (Wildman–Crippen MR) is 385 cm³/mol. The van der Waals surface area contributed by atoms with Gasteiger partial charge in [0.2, 0.25) is 23.6 Å². The van der Waals surface area contributed by atoms with Gasteiger partial charge in [-0.1, -0.05) is 362 Å². The van der Waals surface area contributed by atoms with Crippen molar-refractivity contribution in [2.24, 2.45) is 0 Å². The lowest BCUT2D eigenvalue weighted by atomic mass is 10.0. The summed E-state index contributed by atoms with van der Waals surface area (Å²) in [6.45, 7) is 15.6. The number of hydrogen-bond acceptors (Lipinski definition) is 6. The number of hydrogen-bond donors (Lipinski definition) is 4. The van der Waals surface area contributed by atoms with Gasteiger partial charge in [0.1, 0.15) is 0 Å². The average Bonchev–Trinajstić information content (AvgIpc) is 3.54. The Kier molecular flexibility index (Phi) is 72.0. The molecular weight excluding hydrogens is 1080 g/mol. The molecule has 0 bridgehead atoms. The predicted octanol–water partition coefficient (Wildman–Crippen LogP) is 21.5. The van der Waals surface area contributed by atoms with Gasteiger partial charge in [-0.15, -0.1) is 0 Å².